The molecule has 0 amide bonds. The monoisotopic (exact) mass is 442 g/mol. The van der Waals surface area contributed by atoms with E-state index < -0.39 is 19.9 Å². The molecule has 1 heterocycles. The Morgan fingerprint density at radius 2 is 1.43 bits per heavy atom. The van der Waals surface area contributed by atoms with E-state index in [0.717, 1.165) is 5.56 Å². The van der Waals surface area contributed by atoms with Gasteiger partial charge in [0.15, 0.2) is 9.84 Å². The number of hydrogen-bond acceptors (Lipinski definition) is 5. The van der Waals surface area contributed by atoms with Gasteiger partial charge in [-0.3, -0.25) is 4.90 Å². The Morgan fingerprint density at radius 1 is 0.821 bits per heavy atom. The molecule has 152 valence electrons. The van der Waals surface area contributed by atoms with E-state index >= 15 is 0 Å². The van der Waals surface area contributed by atoms with Crippen molar-refractivity contribution in [3.05, 3.63) is 65.2 Å². The van der Waals surface area contributed by atoms with E-state index in [0.29, 0.717) is 37.7 Å². The van der Waals surface area contributed by atoms with Gasteiger partial charge in [-0.05, 0) is 29.8 Å². The van der Waals surface area contributed by atoms with Crippen molar-refractivity contribution in [2.75, 3.05) is 38.5 Å². The summed E-state index contributed by atoms with van der Waals surface area (Å²) in [4.78, 5) is 2.24. The largest absolute Gasteiger partial charge is 0.300 e. The van der Waals surface area contributed by atoms with E-state index in [9.17, 15) is 16.8 Å². The van der Waals surface area contributed by atoms with Crippen molar-refractivity contribution in [2.45, 2.75) is 10.6 Å². The molecule has 0 N–H and O–H groups in total. The molecular weight excluding hydrogens is 420 g/mol. The van der Waals surface area contributed by atoms with Gasteiger partial charge in [-0.1, -0.05) is 41.9 Å². The molecule has 0 atom stereocenters. The zero-order valence-corrected chi connectivity index (χ0v) is 17.8. The van der Waals surface area contributed by atoms with E-state index in [1.165, 1.54) is 16.4 Å². The van der Waals surface area contributed by atoms with Crippen molar-refractivity contribution in [1.29, 1.82) is 0 Å². The zero-order valence-electron chi connectivity index (χ0n) is 15.4. The molecule has 0 saturated carbocycles. The van der Waals surface area contributed by atoms with Crippen molar-refractivity contribution >= 4 is 31.5 Å². The molecule has 0 bridgehead atoms. The maximum absolute atomic E-state index is 12.6. The van der Waals surface area contributed by atoms with Gasteiger partial charge in [-0.2, -0.15) is 4.31 Å². The summed E-state index contributed by atoms with van der Waals surface area (Å²) in [5.41, 5.74) is 0.763. The predicted octanol–water partition coefficient (Wildman–Crippen LogP) is 2.26. The number of rotatable bonds is 7. The first-order chi connectivity index (χ1) is 13.3. The van der Waals surface area contributed by atoms with Crippen LogP contribution >= 0.6 is 11.6 Å². The average molecular weight is 443 g/mol. The van der Waals surface area contributed by atoms with Crippen LogP contribution < -0.4 is 0 Å². The van der Waals surface area contributed by atoms with Crippen molar-refractivity contribution < 1.29 is 16.8 Å². The molecule has 6 nitrogen and oxygen atoms in total. The van der Waals surface area contributed by atoms with Gasteiger partial charge in [-0.15, -0.1) is 0 Å². The van der Waals surface area contributed by atoms with Gasteiger partial charge in [0.25, 0.3) is 0 Å². The maximum atomic E-state index is 12.6. The van der Waals surface area contributed by atoms with E-state index in [1.807, 2.05) is 23.1 Å². The normalized spacial score (nSPS) is 16.9. The fourth-order valence-corrected chi connectivity index (χ4v) is 6.04. The first-order valence-electron chi connectivity index (χ1n) is 8.99. The predicted molar refractivity (Wildman–Crippen MR) is 111 cm³/mol. The number of sulfonamides is 1. The highest BCUT2D eigenvalue weighted by molar-refractivity contribution is 7.91. The quantitative estimate of drug-likeness (QED) is 0.657. The summed E-state index contributed by atoms with van der Waals surface area (Å²) in [5, 5.41) is 0.492. The third-order valence-corrected chi connectivity index (χ3v) is 8.58. The highest BCUT2D eigenvalue weighted by Crippen LogP contribution is 2.17. The highest BCUT2D eigenvalue weighted by atomic mass is 35.5. The molecule has 2 aromatic rings. The van der Waals surface area contributed by atoms with E-state index in [2.05, 4.69) is 0 Å². The van der Waals surface area contributed by atoms with Gasteiger partial charge < -0.3 is 0 Å². The van der Waals surface area contributed by atoms with Gasteiger partial charge in [0.1, 0.15) is 0 Å². The van der Waals surface area contributed by atoms with Crippen LogP contribution in [0.4, 0.5) is 0 Å². The fourth-order valence-electron chi connectivity index (χ4n) is 3.12. The molecule has 1 aliphatic rings. The number of nitrogens with zero attached hydrogens (tertiary/aromatic N) is 2. The second-order valence-corrected chi connectivity index (χ2v) is 11.3. The topological polar surface area (TPSA) is 74.8 Å². The van der Waals surface area contributed by atoms with Gasteiger partial charge in [0, 0.05) is 37.7 Å². The summed E-state index contributed by atoms with van der Waals surface area (Å²) in [5.74, 6) is -0.0236. The lowest BCUT2D eigenvalue weighted by Crippen LogP contribution is -2.49. The molecule has 9 heteroatoms. The second kappa shape index (κ2) is 8.92. The summed E-state index contributed by atoms with van der Waals surface area (Å²) in [7, 11) is -6.77. The molecule has 0 unspecified atom stereocenters. The number of piperazine rings is 1. The van der Waals surface area contributed by atoms with Gasteiger partial charge in [0.2, 0.25) is 10.0 Å². The maximum Gasteiger partial charge on any atom is 0.218 e. The SMILES string of the molecule is O=S(=O)(CCN1CCN(S(=O)(=O)Cc2ccccc2)CC1)c1ccc(Cl)cc1. The Hall–Kier alpha value is -1.45. The summed E-state index contributed by atoms with van der Waals surface area (Å²) >= 11 is 5.81. The minimum Gasteiger partial charge on any atom is -0.300 e. The Bertz CT molecular complexity index is 986. The molecule has 1 aliphatic heterocycles. The Kier molecular flexibility index (Phi) is 6.77. The van der Waals surface area contributed by atoms with Crippen LogP contribution in [0.2, 0.25) is 5.02 Å². The Morgan fingerprint density at radius 3 is 2.04 bits per heavy atom. The Labute approximate surface area is 171 Å². The lowest BCUT2D eigenvalue weighted by Gasteiger charge is -2.33. The number of sulfone groups is 1. The van der Waals surface area contributed by atoms with Crippen LogP contribution in [0.25, 0.3) is 0 Å². The minimum absolute atomic E-state index is 0.00853. The summed E-state index contributed by atoms with van der Waals surface area (Å²) in [6.45, 7) is 2.15. The lowest BCUT2D eigenvalue weighted by atomic mass is 10.2. The van der Waals surface area contributed by atoms with Gasteiger partial charge in [0.05, 0.1) is 16.4 Å². The average Bonchev–Trinajstić information content (AvgIpc) is 2.68. The van der Waals surface area contributed by atoms with Crippen LogP contribution in [-0.4, -0.2) is 64.5 Å². The van der Waals surface area contributed by atoms with E-state index in [-0.39, 0.29) is 16.4 Å². The molecule has 1 fully saturated rings. The fraction of sp³-hybridized carbons (Fsp3) is 0.368. The van der Waals surface area contributed by atoms with Crippen molar-refractivity contribution in [1.82, 2.24) is 9.21 Å². The van der Waals surface area contributed by atoms with Crippen molar-refractivity contribution in [2.24, 2.45) is 0 Å². The molecule has 0 radical (unpaired) electrons. The van der Waals surface area contributed by atoms with Crippen LogP contribution in [0, 0.1) is 0 Å². The third kappa shape index (κ3) is 5.55. The first kappa shape index (κ1) is 21.3. The number of halogens is 1. The first-order valence-corrected chi connectivity index (χ1v) is 12.6. The molecule has 0 spiro atoms. The minimum atomic E-state index is -3.39. The number of hydrogen-bond donors (Lipinski definition) is 0. The highest BCUT2D eigenvalue weighted by Gasteiger charge is 2.27. The Balaban J connectivity index is 1.52. The van der Waals surface area contributed by atoms with E-state index in [1.54, 1.807) is 24.3 Å². The lowest BCUT2D eigenvalue weighted by molar-refractivity contribution is 0.197. The zero-order chi connectivity index (χ0) is 20.2. The van der Waals surface area contributed by atoms with Crippen LogP contribution in [0.1, 0.15) is 5.56 Å². The molecule has 3 rings (SSSR count). The molecule has 0 aliphatic carbocycles. The van der Waals surface area contributed by atoms with Crippen LogP contribution in [0.3, 0.4) is 0 Å². The third-order valence-electron chi connectivity index (χ3n) is 4.77. The van der Waals surface area contributed by atoms with Crippen molar-refractivity contribution in [3.63, 3.8) is 0 Å². The molecular formula is C19H23ClN2O4S2. The molecule has 2 aromatic carbocycles. The molecule has 1 saturated heterocycles. The second-order valence-electron chi connectivity index (χ2n) is 6.76. The summed E-state index contributed by atoms with van der Waals surface area (Å²) < 4.78 is 51.5. The summed E-state index contributed by atoms with van der Waals surface area (Å²) in [6.07, 6.45) is 0. The van der Waals surface area contributed by atoms with Crippen LogP contribution in [0.15, 0.2) is 59.5 Å². The summed E-state index contributed by atoms with van der Waals surface area (Å²) in [6, 6.07) is 15.2. The van der Waals surface area contributed by atoms with Gasteiger partial charge >= 0.3 is 0 Å². The smallest absolute Gasteiger partial charge is 0.218 e. The number of benzene rings is 2. The van der Waals surface area contributed by atoms with E-state index in [4.69, 9.17) is 11.6 Å². The standard InChI is InChI=1S/C19H23ClN2O4S2/c20-18-6-8-19(9-7-18)27(23,24)15-14-21-10-12-22(13-11-21)28(25,26)16-17-4-2-1-3-5-17/h1-9H,10-16H2. The molecule has 28 heavy (non-hydrogen) atoms. The van der Waals surface area contributed by atoms with Gasteiger partial charge in [-0.25, -0.2) is 16.8 Å². The molecule has 0 aromatic heterocycles. The van der Waals surface area contributed by atoms with Crippen molar-refractivity contribution in [3.8, 4) is 0 Å². The van der Waals surface area contributed by atoms with Crippen LogP contribution in [0.5, 0.6) is 0 Å². The van der Waals surface area contributed by atoms with Crippen LogP contribution in [-0.2, 0) is 25.6 Å².